The van der Waals surface area contributed by atoms with E-state index in [2.05, 4.69) is 47.0 Å². The first-order valence-electron chi connectivity index (χ1n) is 6.84. The van der Waals surface area contributed by atoms with Crippen molar-refractivity contribution in [3.05, 3.63) is 28.5 Å². The number of nitrogens with zero attached hydrogens (tertiary/aromatic N) is 1. The second-order valence-corrected chi connectivity index (χ2v) is 6.48. The molecule has 0 saturated carbocycles. The Kier molecular flexibility index (Phi) is 6.49. The molecule has 0 atom stereocenters. The van der Waals surface area contributed by atoms with Crippen LogP contribution in [-0.2, 0) is 0 Å². The molecule has 0 radical (unpaired) electrons. The first-order valence-corrected chi connectivity index (χ1v) is 7.64. The van der Waals surface area contributed by atoms with E-state index in [1.54, 1.807) is 18.3 Å². The zero-order valence-electron chi connectivity index (χ0n) is 12.0. The number of rotatable bonds is 7. The minimum absolute atomic E-state index is 0.0355. The zero-order chi connectivity index (χ0) is 14.3. The van der Waals surface area contributed by atoms with Crippen molar-refractivity contribution in [1.29, 1.82) is 0 Å². The van der Waals surface area contributed by atoms with Crippen LogP contribution in [0.25, 0.3) is 0 Å². The molecule has 4 heteroatoms. The van der Waals surface area contributed by atoms with Crippen LogP contribution in [0.15, 0.2) is 22.9 Å². The molecule has 0 aliphatic heterocycles. The van der Waals surface area contributed by atoms with Crippen LogP contribution in [0.3, 0.4) is 0 Å². The van der Waals surface area contributed by atoms with Gasteiger partial charge in [0.05, 0.1) is 0 Å². The van der Waals surface area contributed by atoms with Gasteiger partial charge in [-0.15, -0.1) is 0 Å². The maximum absolute atomic E-state index is 12.0. The molecule has 0 aliphatic carbocycles. The van der Waals surface area contributed by atoms with E-state index in [9.17, 15) is 4.79 Å². The van der Waals surface area contributed by atoms with E-state index in [0.717, 1.165) is 6.42 Å². The Morgan fingerprint density at radius 2 is 2.16 bits per heavy atom. The molecule has 0 unspecified atom stereocenters. The van der Waals surface area contributed by atoms with Gasteiger partial charge in [-0.05, 0) is 39.9 Å². The van der Waals surface area contributed by atoms with E-state index in [-0.39, 0.29) is 11.3 Å². The molecule has 0 fully saturated rings. The predicted molar refractivity (Wildman–Crippen MR) is 82.2 cm³/mol. The lowest BCUT2D eigenvalue weighted by Crippen LogP contribution is -2.34. The van der Waals surface area contributed by atoms with Crippen LogP contribution in [-0.4, -0.2) is 17.4 Å². The van der Waals surface area contributed by atoms with E-state index in [1.807, 2.05) is 0 Å². The Hall–Kier alpha value is -0.900. The number of halogens is 1. The first-order chi connectivity index (χ1) is 8.94. The Balaban J connectivity index is 2.45. The Morgan fingerprint density at radius 1 is 1.42 bits per heavy atom. The van der Waals surface area contributed by atoms with Gasteiger partial charge in [-0.25, -0.2) is 4.98 Å². The maximum Gasteiger partial charge on any atom is 0.251 e. The van der Waals surface area contributed by atoms with Gasteiger partial charge >= 0.3 is 0 Å². The van der Waals surface area contributed by atoms with Crippen LogP contribution < -0.4 is 5.32 Å². The summed E-state index contributed by atoms with van der Waals surface area (Å²) in [6, 6.07) is 3.46. The van der Waals surface area contributed by atoms with Crippen LogP contribution in [0.1, 0.15) is 56.8 Å². The lowest BCUT2D eigenvalue weighted by molar-refractivity contribution is 0.0934. The summed E-state index contributed by atoms with van der Waals surface area (Å²) in [6.07, 6.45) is 6.48. The number of pyridine rings is 1. The number of nitrogens with one attached hydrogen (secondary N) is 1. The van der Waals surface area contributed by atoms with E-state index in [0.29, 0.717) is 16.7 Å². The van der Waals surface area contributed by atoms with Gasteiger partial charge in [-0.2, -0.15) is 0 Å². The predicted octanol–water partition coefficient (Wildman–Crippen LogP) is 4.18. The minimum Gasteiger partial charge on any atom is -0.352 e. The first kappa shape index (κ1) is 16.2. The summed E-state index contributed by atoms with van der Waals surface area (Å²) in [6.45, 7) is 7.31. The Labute approximate surface area is 124 Å². The largest absolute Gasteiger partial charge is 0.352 e. The zero-order valence-corrected chi connectivity index (χ0v) is 13.6. The summed E-state index contributed by atoms with van der Waals surface area (Å²) in [5.74, 6) is -0.0355. The number of hydrogen-bond donors (Lipinski definition) is 1. The van der Waals surface area contributed by atoms with Gasteiger partial charge in [0.1, 0.15) is 4.60 Å². The third-order valence-corrected chi connectivity index (χ3v) is 3.61. The molecule has 1 aromatic heterocycles. The fourth-order valence-corrected chi connectivity index (χ4v) is 2.27. The summed E-state index contributed by atoms with van der Waals surface area (Å²) < 4.78 is 0.683. The molecule has 0 spiro atoms. The summed E-state index contributed by atoms with van der Waals surface area (Å²) in [7, 11) is 0. The molecule has 1 amide bonds. The van der Waals surface area contributed by atoms with E-state index in [1.165, 1.54) is 19.3 Å². The summed E-state index contributed by atoms with van der Waals surface area (Å²) in [5, 5.41) is 3.01. The summed E-state index contributed by atoms with van der Waals surface area (Å²) in [5.41, 5.74) is 0.793. The van der Waals surface area contributed by atoms with Gasteiger partial charge in [0.15, 0.2) is 0 Å². The van der Waals surface area contributed by atoms with Crippen molar-refractivity contribution in [2.75, 3.05) is 6.54 Å². The van der Waals surface area contributed by atoms with Crippen molar-refractivity contribution in [3.63, 3.8) is 0 Å². The summed E-state index contributed by atoms with van der Waals surface area (Å²) >= 11 is 3.27. The van der Waals surface area contributed by atoms with Crippen molar-refractivity contribution in [3.8, 4) is 0 Å². The number of aromatic nitrogens is 1. The molecule has 1 aromatic rings. The molecule has 3 nitrogen and oxygen atoms in total. The molecule has 0 saturated heterocycles. The number of carbonyl (C=O) groups is 1. The molecule has 0 aliphatic rings. The molecule has 1 heterocycles. The summed E-state index contributed by atoms with van der Waals surface area (Å²) in [4.78, 5) is 16.0. The highest BCUT2D eigenvalue weighted by Gasteiger charge is 2.18. The molecule has 1 rings (SSSR count). The number of carbonyl (C=O) groups excluding carboxylic acids is 1. The highest BCUT2D eigenvalue weighted by molar-refractivity contribution is 9.10. The van der Waals surface area contributed by atoms with Crippen molar-refractivity contribution in [2.24, 2.45) is 5.41 Å². The lowest BCUT2D eigenvalue weighted by atomic mass is 9.87. The molecule has 1 N–H and O–H groups in total. The quantitative estimate of drug-likeness (QED) is 0.603. The molecular weight excluding hydrogens is 304 g/mol. The SMILES string of the molecule is CCCCCC(C)(C)CNC(=O)c1ccnc(Br)c1. The average molecular weight is 327 g/mol. The fraction of sp³-hybridized carbons (Fsp3) is 0.600. The third-order valence-electron chi connectivity index (χ3n) is 3.17. The van der Waals surface area contributed by atoms with Crippen LogP contribution in [0, 0.1) is 5.41 Å². The standard InChI is InChI=1S/C15H23BrN2O/c1-4-5-6-8-15(2,3)11-18-14(19)12-7-9-17-13(16)10-12/h7,9-10H,4-6,8,11H2,1-3H3,(H,18,19). The molecule has 0 aromatic carbocycles. The van der Waals surface area contributed by atoms with E-state index in [4.69, 9.17) is 0 Å². The van der Waals surface area contributed by atoms with Crippen molar-refractivity contribution < 1.29 is 4.79 Å². The van der Waals surface area contributed by atoms with Crippen LogP contribution in [0.4, 0.5) is 0 Å². The van der Waals surface area contributed by atoms with Crippen LogP contribution in [0.5, 0.6) is 0 Å². The number of unbranched alkanes of at least 4 members (excludes halogenated alkanes) is 2. The van der Waals surface area contributed by atoms with Crippen LogP contribution in [0.2, 0.25) is 0 Å². The smallest absolute Gasteiger partial charge is 0.251 e. The average Bonchev–Trinajstić information content (AvgIpc) is 2.36. The maximum atomic E-state index is 12.0. The van der Waals surface area contributed by atoms with Gasteiger partial charge < -0.3 is 5.32 Å². The van der Waals surface area contributed by atoms with Crippen molar-refractivity contribution in [1.82, 2.24) is 10.3 Å². The normalized spacial score (nSPS) is 11.4. The van der Waals surface area contributed by atoms with Crippen LogP contribution >= 0.6 is 15.9 Å². The van der Waals surface area contributed by atoms with Crippen molar-refractivity contribution >= 4 is 21.8 Å². The second kappa shape index (κ2) is 7.63. The van der Waals surface area contributed by atoms with Gasteiger partial charge in [-0.1, -0.05) is 40.0 Å². The Bertz CT molecular complexity index is 418. The van der Waals surface area contributed by atoms with Crippen molar-refractivity contribution in [2.45, 2.75) is 46.5 Å². The second-order valence-electron chi connectivity index (χ2n) is 5.67. The number of hydrogen-bond acceptors (Lipinski definition) is 2. The van der Waals surface area contributed by atoms with Gasteiger partial charge in [0.2, 0.25) is 0 Å². The Morgan fingerprint density at radius 3 is 2.79 bits per heavy atom. The van der Waals surface area contributed by atoms with Gasteiger partial charge in [0.25, 0.3) is 5.91 Å². The topological polar surface area (TPSA) is 42.0 Å². The molecule has 19 heavy (non-hydrogen) atoms. The highest BCUT2D eigenvalue weighted by atomic mass is 79.9. The minimum atomic E-state index is -0.0355. The van der Waals surface area contributed by atoms with E-state index >= 15 is 0 Å². The highest BCUT2D eigenvalue weighted by Crippen LogP contribution is 2.22. The third kappa shape index (κ3) is 6.19. The van der Waals surface area contributed by atoms with Gasteiger partial charge in [0, 0.05) is 18.3 Å². The lowest BCUT2D eigenvalue weighted by Gasteiger charge is -2.25. The van der Waals surface area contributed by atoms with Gasteiger partial charge in [-0.3, -0.25) is 4.79 Å². The molecular formula is C15H23BrN2O. The fourth-order valence-electron chi connectivity index (χ4n) is 1.91. The monoisotopic (exact) mass is 326 g/mol. The molecule has 106 valence electrons. The number of amides is 1. The molecule has 0 bridgehead atoms. The van der Waals surface area contributed by atoms with E-state index < -0.39 is 0 Å².